The molecular formula is C25H28N6O6. The number of methoxy groups -OCH3 is 1. The highest BCUT2D eigenvalue weighted by atomic mass is 16.5. The molecule has 1 fully saturated rings. The maximum Gasteiger partial charge on any atom is 0.276 e. The third kappa shape index (κ3) is 4.64. The van der Waals surface area contributed by atoms with Crippen LogP contribution in [0.4, 0.5) is 0 Å². The van der Waals surface area contributed by atoms with E-state index in [1.54, 1.807) is 41.1 Å². The zero-order valence-electron chi connectivity index (χ0n) is 20.5. The molecule has 12 heteroatoms. The van der Waals surface area contributed by atoms with Gasteiger partial charge in [-0.25, -0.2) is 4.68 Å². The normalized spacial score (nSPS) is 21.6. The van der Waals surface area contributed by atoms with Gasteiger partial charge in [0.25, 0.3) is 11.8 Å². The topological polar surface area (TPSA) is 134 Å². The standard InChI is InChI=1S/C25H28N6O6/c1-34-20-7-6-15-10-21(20)35-9-8-31-11-16(27-29-31)14-36-22-13-30(12-18(22)26-24(15)32)25(33)23-17-4-2-3-5-19(17)37-28-23/h6-7,10-11,18,22H,2-5,8-9,12-14H2,1H3,(H,26,32)/t18-,22-/m0/s1. The zero-order valence-corrected chi connectivity index (χ0v) is 20.5. The van der Waals surface area contributed by atoms with Gasteiger partial charge in [0.2, 0.25) is 0 Å². The summed E-state index contributed by atoms with van der Waals surface area (Å²) in [6.45, 7) is 1.56. The fourth-order valence-corrected chi connectivity index (χ4v) is 5.09. The summed E-state index contributed by atoms with van der Waals surface area (Å²) in [4.78, 5) is 28.4. The number of hydrogen-bond donors (Lipinski definition) is 1. The van der Waals surface area contributed by atoms with E-state index in [9.17, 15) is 9.59 Å². The number of aromatic nitrogens is 4. The van der Waals surface area contributed by atoms with E-state index in [-0.39, 0.29) is 25.0 Å². The Labute approximate surface area is 212 Å². The molecule has 4 bridgehead atoms. The highest BCUT2D eigenvalue weighted by Crippen LogP contribution is 2.29. The molecule has 1 saturated heterocycles. The number of rotatable bonds is 2. The van der Waals surface area contributed by atoms with Crippen LogP contribution in [0.1, 0.15) is 50.7 Å². The van der Waals surface area contributed by atoms with Crippen molar-refractivity contribution in [2.45, 2.75) is 51.0 Å². The zero-order chi connectivity index (χ0) is 25.4. The second kappa shape index (κ2) is 9.85. The minimum atomic E-state index is -0.445. The summed E-state index contributed by atoms with van der Waals surface area (Å²) in [6, 6.07) is 4.58. The molecule has 0 spiro atoms. The molecule has 1 aliphatic carbocycles. The van der Waals surface area contributed by atoms with Crippen LogP contribution >= 0.6 is 0 Å². The number of likely N-dealkylation sites (tertiary alicyclic amines) is 1. The van der Waals surface area contributed by atoms with Gasteiger partial charge in [0.15, 0.2) is 17.2 Å². The van der Waals surface area contributed by atoms with E-state index in [0.717, 1.165) is 37.0 Å². The first-order valence-corrected chi connectivity index (χ1v) is 12.5. The smallest absolute Gasteiger partial charge is 0.276 e. The number of amides is 2. The maximum absolute atomic E-state index is 13.4. The predicted octanol–water partition coefficient (Wildman–Crippen LogP) is 1.39. The van der Waals surface area contributed by atoms with Crippen LogP contribution in [0.15, 0.2) is 28.9 Å². The van der Waals surface area contributed by atoms with Crippen LogP contribution in [0.25, 0.3) is 0 Å². The number of nitrogens with zero attached hydrogens (tertiary/aromatic N) is 5. The highest BCUT2D eigenvalue weighted by Gasteiger charge is 2.39. The van der Waals surface area contributed by atoms with Gasteiger partial charge in [0.1, 0.15) is 18.1 Å². The fraction of sp³-hybridized carbons (Fsp3) is 0.480. The number of fused-ring (bicyclic) bond motifs is 6. The molecule has 4 heterocycles. The Morgan fingerprint density at radius 1 is 1.22 bits per heavy atom. The van der Waals surface area contributed by atoms with Gasteiger partial charge in [0.05, 0.1) is 38.6 Å². The molecular weight excluding hydrogens is 480 g/mol. The van der Waals surface area contributed by atoms with E-state index in [2.05, 4.69) is 20.8 Å². The molecule has 1 N–H and O–H groups in total. The summed E-state index contributed by atoms with van der Waals surface area (Å²) >= 11 is 0. The van der Waals surface area contributed by atoms with Crippen LogP contribution in [0.3, 0.4) is 0 Å². The number of ether oxygens (including phenoxy) is 3. The maximum atomic E-state index is 13.4. The van der Waals surface area contributed by atoms with E-state index in [1.807, 2.05) is 0 Å². The van der Waals surface area contributed by atoms with Gasteiger partial charge in [-0.3, -0.25) is 9.59 Å². The van der Waals surface area contributed by atoms with E-state index in [4.69, 9.17) is 18.7 Å². The molecule has 2 atom stereocenters. The monoisotopic (exact) mass is 508 g/mol. The molecule has 1 aromatic carbocycles. The van der Waals surface area contributed by atoms with Crippen LogP contribution in [0, 0.1) is 0 Å². The Balaban J connectivity index is 1.27. The molecule has 3 aromatic rings. The van der Waals surface area contributed by atoms with Gasteiger partial charge >= 0.3 is 0 Å². The SMILES string of the molecule is COc1ccc2cc1OCCn1cc(nn1)CO[C@H]1CN(C(=O)c3noc4c3CCCC4)C[C@@H]1NC2=O. The van der Waals surface area contributed by atoms with Crippen LogP contribution in [-0.2, 0) is 30.7 Å². The van der Waals surface area contributed by atoms with Crippen LogP contribution < -0.4 is 14.8 Å². The molecule has 2 aliphatic heterocycles. The third-order valence-corrected chi connectivity index (χ3v) is 7.06. The lowest BCUT2D eigenvalue weighted by Gasteiger charge is -2.20. The molecule has 0 saturated carbocycles. The van der Waals surface area contributed by atoms with Gasteiger partial charge in [0, 0.05) is 30.6 Å². The molecule has 37 heavy (non-hydrogen) atoms. The van der Waals surface area contributed by atoms with E-state index in [0.29, 0.717) is 48.1 Å². The first kappa shape index (κ1) is 23.5. The average molecular weight is 509 g/mol. The van der Waals surface area contributed by atoms with E-state index < -0.39 is 12.1 Å². The van der Waals surface area contributed by atoms with Crippen molar-refractivity contribution in [3.8, 4) is 11.5 Å². The van der Waals surface area contributed by atoms with Crippen molar-refractivity contribution >= 4 is 11.8 Å². The lowest BCUT2D eigenvalue weighted by molar-refractivity contribution is 0.0290. The molecule has 2 amide bonds. The number of aryl methyl sites for hydroxylation is 1. The molecule has 6 rings (SSSR count). The van der Waals surface area contributed by atoms with Crippen molar-refractivity contribution in [2.24, 2.45) is 0 Å². The van der Waals surface area contributed by atoms with Crippen molar-refractivity contribution < 1.29 is 28.3 Å². The van der Waals surface area contributed by atoms with Crippen molar-refractivity contribution in [2.75, 3.05) is 26.8 Å². The van der Waals surface area contributed by atoms with E-state index >= 15 is 0 Å². The summed E-state index contributed by atoms with van der Waals surface area (Å²) in [5.74, 6) is 1.27. The second-order valence-electron chi connectivity index (χ2n) is 9.47. The van der Waals surface area contributed by atoms with Crippen molar-refractivity contribution in [3.63, 3.8) is 0 Å². The summed E-state index contributed by atoms with van der Waals surface area (Å²) < 4.78 is 24.6. The minimum absolute atomic E-state index is 0.195. The van der Waals surface area contributed by atoms with Crippen molar-refractivity contribution in [3.05, 3.63) is 52.7 Å². The lowest BCUT2D eigenvalue weighted by atomic mass is 9.96. The summed E-state index contributed by atoms with van der Waals surface area (Å²) in [6.07, 6.45) is 4.97. The van der Waals surface area contributed by atoms with Crippen LogP contribution in [0.5, 0.6) is 11.5 Å². The minimum Gasteiger partial charge on any atom is -0.493 e. The molecule has 3 aliphatic rings. The fourth-order valence-electron chi connectivity index (χ4n) is 5.09. The van der Waals surface area contributed by atoms with Crippen LogP contribution in [-0.4, -0.2) is 75.8 Å². The number of carbonyl (C=O) groups is 2. The first-order valence-electron chi connectivity index (χ1n) is 12.5. The molecule has 12 nitrogen and oxygen atoms in total. The molecule has 194 valence electrons. The largest absolute Gasteiger partial charge is 0.493 e. The lowest BCUT2D eigenvalue weighted by Crippen LogP contribution is -2.44. The summed E-state index contributed by atoms with van der Waals surface area (Å²) in [7, 11) is 1.55. The Kier molecular flexibility index (Phi) is 6.25. The Hall–Kier alpha value is -3.93. The van der Waals surface area contributed by atoms with Crippen molar-refractivity contribution in [1.82, 2.24) is 30.4 Å². The number of hydrogen-bond acceptors (Lipinski definition) is 9. The quantitative estimate of drug-likeness (QED) is 0.545. The van der Waals surface area contributed by atoms with Crippen molar-refractivity contribution in [1.29, 1.82) is 0 Å². The van der Waals surface area contributed by atoms with Gasteiger partial charge in [-0.05, 0) is 37.5 Å². The predicted molar refractivity (Wildman–Crippen MR) is 127 cm³/mol. The first-order chi connectivity index (χ1) is 18.1. The van der Waals surface area contributed by atoms with Crippen LogP contribution in [0.2, 0.25) is 0 Å². The Morgan fingerprint density at radius 2 is 2.11 bits per heavy atom. The van der Waals surface area contributed by atoms with E-state index in [1.165, 1.54) is 0 Å². The molecule has 2 aromatic heterocycles. The number of carbonyl (C=O) groups excluding carboxylic acids is 2. The molecule has 0 radical (unpaired) electrons. The summed E-state index contributed by atoms with van der Waals surface area (Å²) in [5, 5.41) is 15.5. The van der Waals surface area contributed by atoms with Gasteiger partial charge in [-0.2, -0.15) is 0 Å². The molecule has 0 unspecified atom stereocenters. The highest BCUT2D eigenvalue weighted by molar-refractivity contribution is 5.96. The van der Waals surface area contributed by atoms with Gasteiger partial charge in [-0.1, -0.05) is 10.4 Å². The summed E-state index contributed by atoms with van der Waals surface area (Å²) in [5.41, 5.74) is 2.33. The number of nitrogens with one attached hydrogen (secondary N) is 1. The average Bonchev–Trinajstić information content (AvgIpc) is 3.65. The number of benzene rings is 1. The van der Waals surface area contributed by atoms with Gasteiger partial charge < -0.3 is 29.0 Å². The Morgan fingerprint density at radius 3 is 3.00 bits per heavy atom. The third-order valence-electron chi connectivity index (χ3n) is 7.06. The Bertz CT molecular complexity index is 1320. The van der Waals surface area contributed by atoms with Gasteiger partial charge in [-0.15, -0.1) is 5.10 Å². The second-order valence-corrected chi connectivity index (χ2v) is 9.47.